The Morgan fingerprint density at radius 1 is 1.07 bits per heavy atom. The predicted molar refractivity (Wildman–Crippen MR) is 139 cm³/mol. The number of carboxylic acids is 1. The number of rotatable bonds is 5. The summed E-state index contributed by atoms with van der Waals surface area (Å²) in [7, 11) is 0. The molecule has 3 aliphatic rings. The Bertz CT molecular complexity index is 1430. The lowest BCUT2D eigenvalue weighted by Crippen LogP contribution is -2.52. The van der Waals surface area contributed by atoms with E-state index in [1.165, 1.54) is 9.58 Å². The van der Waals surface area contributed by atoms with Crippen LogP contribution < -0.4 is 5.32 Å². The average Bonchev–Trinajstić information content (AvgIpc) is 3.53. The Hall–Kier alpha value is -4.41. The van der Waals surface area contributed by atoms with E-state index in [1.807, 2.05) is 4.90 Å². The molecule has 4 amide bonds. The number of piperazine rings is 1. The van der Waals surface area contributed by atoms with Gasteiger partial charge in [-0.2, -0.15) is 13.2 Å². The van der Waals surface area contributed by atoms with Gasteiger partial charge in [0, 0.05) is 51.3 Å². The highest BCUT2D eigenvalue weighted by Crippen LogP contribution is 2.29. The van der Waals surface area contributed by atoms with Crippen molar-refractivity contribution in [1.82, 2.24) is 35.0 Å². The maximum absolute atomic E-state index is 13.9. The van der Waals surface area contributed by atoms with Gasteiger partial charge in [-0.15, -0.1) is 5.10 Å². The molecule has 17 heteroatoms. The van der Waals surface area contributed by atoms with Gasteiger partial charge in [-0.1, -0.05) is 5.21 Å². The van der Waals surface area contributed by atoms with E-state index in [0.29, 0.717) is 50.4 Å². The van der Waals surface area contributed by atoms with Crippen LogP contribution in [-0.2, 0) is 20.9 Å². The SMILES string of the molecule is CC(C)(F)CN1CCN(C(=O)c2cn(-c3ccc4c(c3)CN(C3CCC(=O)NC3=O)C4=O)nn2)CC1.O=C(O)C(F)(F)F. The number of carboxylic acid groups (broad SMARTS) is 1. The number of fused-ring (bicyclic) bond motifs is 1. The molecule has 2 N–H and O–H groups in total. The Morgan fingerprint density at radius 2 is 1.72 bits per heavy atom. The van der Waals surface area contributed by atoms with Crippen LogP contribution in [0.15, 0.2) is 24.4 Å². The molecule has 13 nitrogen and oxygen atoms in total. The van der Waals surface area contributed by atoms with Crippen LogP contribution in [0.2, 0.25) is 0 Å². The van der Waals surface area contributed by atoms with Crippen molar-refractivity contribution in [1.29, 1.82) is 0 Å². The van der Waals surface area contributed by atoms with E-state index in [1.54, 1.807) is 43.1 Å². The second kappa shape index (κ2) is 12.1. The Kier molecular flexibility index (Phi) is 8.84. The number of benzene rings is 1. The van der Waals surface area contributed by atoms with E-state index >= 15 is 0 Å². The van der Waals surface area contributed by atoms with Crippen molar-refractivity contribution in [2.45, 2.75) is 51.1 Å². The average molecular weight is 612 g/mol. The molecular formula is C26H29F4N7O6. The minimum atomic E-state index is -5.08. The van der Waals surface area contributed by atoms with Gasteiger partial charge < -0.3 is 14.9 Å². The fourth-order valence-electron chi connectivity index (χ4n) is 4.99. The summed E-state index contributed by atoms with van der Waals surface area (Å²) < 4.78 is 47.1. The summed E-state index contributed by atoms with van der Waals surface area (Å²) in [5.74, 6) is -4.03. The minimum absolute atomic E-state index is 0.195. The van der Waals surface area contributed by atoms with Gasteiger partial charge >= 0.3 is 12.1 Å². The maximum atomic E-state index is 13.9. The molecule has 43 heavy (non-hydrogen) atoms. The topological polar surface area (TPSA) is 158 Å². The van der Waals surface area contributed by atoms with E-state index < -0.39 is 29.8 Å². The normalized spacial score (nSPS) is 19.5. The van der Waals surface area contributed by atoms with Crippen molar-refractivity contribution in [3.63, 3.8) is 0 Å². The number of hydrogen-bond donors (Lipinski definition) is 2. The first-order valence-electron chi connectivity index (χ1n) is 13.2. The summed E-state index contributed by atoms with van der Waals surface area (Å²) >= 11 is 0. The molecule has 3 aliphatic heterocycles. The Morgan fingerprint density at radius 3 is 2.30 bits per heavy atom. The monoisotopic (exact) mass is 611 g/mol. The summed E-state index contributed by atoms with van der Waals surface area (Å²) in [4.78, 5) is 63.6. The highest BCUT2D eigenvalue weighted by atomic mass is 19.4. The summed E-state index contributed by atoms with van der Waals surface area (Å²) in [6, 6.07) is 4.50. The molecule has 2 fully saturated rings. The molecule has 0 radical (unpaired) electrons. The molecule has 1 aromatic heterocycles. The largest absolute Gasteiger partial charge is 0.490 e. The summed E-state index contributed by atoms with van der Waals surface area (Å²) in [5.41, 5.74) is 0.782. The van der Waals surface area contributed by atoms with Crippen molar-refractivity contribution in [3.05, 3.63) is 41.2 Å². The van der Waals surface area contributed by atoms with Crippen molar-refractivity contribution in [2.75, 3.05) is 32.7 Å². The van der Waals surface area contributed by atoms with Crippen LogP contribution in [0.1, 0.15) is 53.1 Å². The van der Waals surface area contributed by atoms with E-state index in [-0.39, 0.29) is 36.4 Å². The number of aromatic nitrogens is 3. The predicted octanol–water partition coefficient (Wildman–Crippen LogP) is 1.17. The third-order valence-electron chi connectivity index (χ3n) is 6.99. The van der Waals surface area contributed by atoms with Crippen LogP contribution in [0.3, 0.4) is 0 Å². The Labute approximate surface area is 242 Å². The lowest BCUT2D eigenvalue weighted by Gasteiger charge is -2.36. The van der Waals surface area contributed by atoms with Crippen LogP contribution in [0, 0.1) is 0 Å². The van der Waals surface area contributed by atoms with E-state index in [4.69, 9.17) is 9.90 Å². The van der Waals surface area contributed by atoms with E-state index in [2.05, 4.69) is 15.6 Å². The molecule has 2 saturated heterocycles. The second-order valence-electron chi connectivity index (χ2n) is 10.9. The second-order valence-corrected chi connectivity index (χ2v) is 10.9. The number of aliphatic carboxylic acids is 1. The number of imide groups is 1. The van der Waals surface area contributed by atoms with Gasteiger partial charge in [-0.3, -0.25) is 29.4 Å². The molecular weight excluding hydrogens is 582 g/mol. The van der Waals surface area contributed by atoms with Gasteiger partial charge in [0.2, 0.25) is 11.8 Å². The summed E-state index contributed by atoms with van der Waals surface area (Å²) in [6.45, 7) is 5.82. The number of carbonyl (C=O) groups excluding carboxylic acids is 4. The lowest BCUT2D eigenvalue weighted by molar-refractivity contribution is -0.192. The molecule has 5 rings (SSSR count). The number of halogens is 4. The van der Waals surface area contributed by atoms with Gasteiger partial charge in [0.05, 0.1) is 11.9 Å². The maximum Gasteiger partial charge on any atom is 0.490 e. The van der Waals surface area contributed by atoms with Gasteiger partial charge in [0.15, 0.2) is 5.69 Å². The van der Waals surface area contributed by atoms with Crippen LogP contribution in [-0.4, -0.2) is 115 Å². The van der Waals surface area contributed by atoms with Gasteiger partial charge in [0.1, 0.15) is 11.7 Å². The molecule has 0 saturated carbocycles. The molecule has 0 spiro atoms. The summed E-state index contributed by atoms with van der Waals surface area (Å²) in [6.07, 6.45) is -3.04. The summed E-state index contributed by atoms with van der Waals surface area (Å²) in [5, 5.41) is 17.6. The minimum Gasteiger partial charge on any atom is -0.475 e. The standard InChI is InChI=1S/C24H28FN7O4.C2HF3O2/c1-24(2,25)14-29-7-9-30(10-8-29)23(36)18-13-32(28-27-18)16-3-4-17-15(11-16)12-31(22(17)35)19-5-6-20(33)26-21(19)34;3-2(4,5)1(6)7/h3-4,11,13,19H,5-10,12,14H2,1-2H3,(H,26,33,34);(H,6,7). The fourth-order valence-corrected chi connectivity index (χ4v) is 4.99. The number of nitrogens with zero attached hydrogens (tertiary/aromatic N) is 6. The number of carbonyl (C=O) groups is 5. The van der Waals surface area contributed by atoms with Crippen molar-refractivity contribution < 1.29 is 46.6 Å². The van der Waals surface area contributed by atoms with Crippen LogP contribution in [0.5, 0.6) is 0 Å². The molecule has 1 atom stereocenters. The molecule has 4 heterocycles. The number of alkyl halides is 4. The zero-order chi connectivity index (χ0) is 31.7. The molecule has 0 aliphatic carbocycles. The zero-order valence-corrected chi connectivity index (χ0v) is 23.2. The van der Waals surface area contributed by atoms with Crippen molar-refractivity contribution in [3.8, 4) is 5.69 Å². The third-order valence-corrected chi connectivity index (χ3v) is 6.99. The first-order chi connectivity index (χ1) is 20.0. The van der Waals surface area contributed by atoms with Gasteiger partial charge in [0.25, 0.3) is 11.8 Å². The molecule has 0 bridgehead atoms. The fraction of sp³-hybridized carbons (Fsp3) is 0.500. The third kappa shape index (κ3) is 7.52. The van der Waals surface area contributed by atoms with E-state index in [0.717, 1.165) is 5.56 Å². The number of piperidine rings is 1. The van der Waals surface area contributed by atoms with Crippen LogP contribution >= 0.6 is 0 Å². The quantitative estimate of drug-likeness (QED) is 0.374. The molecule has 2 aromatic rings. The number of hydrogen-bond acceptors (Lipinski definition) is 8. The van der Waals surface area contributed by atoms with E-state index in [9.17, 15) is 36.7 Å². The highest BCUT2D eigenvalue weighted by Gasteiger charge is 2.39. The zero-order valence-electron chi connectivity index (χ0n) is 23.2. The molecule has 1 aromatic carbocycles. The molecule has 232 valence electrons. The van der Waals surface area contributed by atoms with Crippen LogP contribution in [0.4, 0.5) is 17.6 Å². The number of nitrogens with one attached hydrogen (secondary N) is 1. The van der Waals surface area contributed by atoms with Crippen molar-refractivity contribution >= 4 is 29.6 Å². The number of amides is 4. The van der Waals surface area contributed by atoms with Gasteiger partial charge in [-0.25, -0.2) is 13.9 Å². The van der Waals surface area contributed by atoms with Gasteiger partial charge in [-0.05, 0) is 44.0 Å². The smallest absolute Gasteiger partial charge is 0.475 e. The highest BCUT2D eigenvalue weighted by molar-refractivity contribution is 6.05. The first kappa shape index (κ1) is 31.5. The first-order valence-corrected chi connectivity index (χ1v) is 13.2. The lowest BCUT2D eigenvalue weighted by atomic mass is 10.0. The molecule has 1 unspecified atom stereocenters. The van der Waals surface area contributed by atoms with Crippen LogP contribution in [0.25, 0.3) is 5.69 Å². The van der Waals surface area contributed by atoms with Crippen molar-refractivity contribution in [2.24, 2.45) is 0 Å². The Balaban J connectivity index is 0.000000541.